The summed E-state index contributed by atoms with van der Waals surface area (Å²) < 4.78 is 28.7. The number of rotatable bonds is 7. The van der Waals surface area contributed by atoms with Crippen molar-refractivity contribution in [3.8, 4) is 10.6 Å². The maximum atomic E-state index is 13.6. The highest BCUT2D eigenvalue weighted by Crippen LogP contribution is 2.37. The van der Waals surface area contributed by atoms with Crippen molar-refractivity contribution in [3.63, 3.8) is 0 Å². The first kappa shape index (κ1) is 22.9. The van der Waals surface area contributed by atoms with Crippen molar-refractivity contribution in [1.29, 1.82) is 0 Å². The van der Waals surface area contributed by atoms with Crippen LogP contribution in [0, 0.1) is 5.82 Å². The number of ether oxygens (including phenoxy) is 2. The number of benzene rings is 3. The Morgan fingerprint density at radius 1 is 1.08 bits per heavy atom. The Bertz CT molecular complexity index is 1420. The van der Waals surface area contributed by atoms with Gasteiger partial charge in [0, 0.05) is 17.5 Å². The molecular weight excluding hydrogens is 479 g/mol. The van der Waals surface area contributed by atoms with Gasteiger partial charge in [-0.2, -0.15) is 5.10 Å². The summed E-state index contributed by atoms with van der Waals surface area (Å²) in [7, 11) is 0. The molecule has 1 aliphatic rings. The summed E-state index contributed by atoms with van der Waals surface area (Å²) in [6.07, 6.45) is 2.03. The third-order valence-electron chi connectivity index (χ3n) is 6.31. The molecule has 7 nitrogen and oxygen atoms in total. The van der Waals surface area contributed by atoms with Gasteiger partial charge in [0.25, 0.3) is 0 Å². The minimum absolute atomic E-state index is 0.191. The fraction of sp³-hybridized carbons (Fsp3) is 0.222. The Morgan fingerprint density at radius 2 is 1.89 bits per heavy atom. The summed E-state index contributed by atoms with van der Waals surface area (Å²) in [5, 5.41) is 16.1. The highest BCUT2D eigenvalue weighted by molar-refractivity contribution is 7.21. The summed E-state index contributed by atoms with van der Waals surface area (Å²) in [4.78, 5) is 8.70. The van der Waals surface area contributed by atoms with Gasteiger partial charge >= 0.3 is 0 Å². The zero-order valence-corrected chi connectivity index (χ0v) is 20.0. The van der Waals surface area contributed by atoms with Crippen LogP contribution in [-0.4, -0.2) is 43.7 Å². The number of halogens is 1. The van der Waals surface area contributed by atoms with Crippen molar-refractivity contribution < 1.29 is 19.0 Å². The molecule has 36 heavy (non-hydrogen) atoms. The molecule has 0 radical (unpaired) electrons. The molecule has 6 rings (SSSR count). The lowest BCUT2D eigenvalue weighted by molar-refractivity contribution is -0.197. The fourth-order valence-electron chi connectivity index (χ4n) is 4.43. The standard InChI is InChI=1S/C27H23FN4O3S/c28-21-11-9-20(10-12-21)27(15-32-17-29-16-30-32)34-14-24(35-27)23(33)13-18-5-7-19(8-6-18)26-31-22-3-1-2-4-25(22)36-26/h1-12,16-17,23-24,33H,13-15H2. The van der Waals surface area contributed by atoms with Crippen molar-refractivity contribution in [1.82, 2.24) is 19.7 Å². The van der Waals surface area contributed by atoms with E-state index in [1.165, 1.54) is 18.5 Å². The number of aromatic nitrogens is 4. The van der Waals surface area contributed by atoms with E-state index in [1.807, 2.05) is 42.5 Å². The highest BCUT2D eigenvalue weighted by Gasteiger charge is 2.46. The van der Waals surface area contributed by atoms with E-state index >= 15 is 0 Å². The largest absolute Gasteiger partial charge is 0.390 e. The quantitative estimate of drug-likeness (QED) is 0.351. The zero-order chi connectivity index (χ0) is 24.5. The molecule has 3 unspecified atom stereocenters. The molecule has 1 saturated heterocycles. The van der Waals surface area contributed by atoms with Crippen LogP contribution in [0.15, 0.2) is 85.5 Å². The predicted octanol–water partition coefficient (Wildman–Crippen LogP) is 4.57. The zero-order valence-electron chi connectivity index (χ0n) is 19.2. The van der Waals surface area contributed by atoms with Crippen molar-refractivity contribution in [3.05, 3.63) is 102 Å². The molecule has 2 aromatic heterocycles. The SMILES string of the molecule is OC(Cc1ccc(-c2nc3ccccc3s2)cc1)C1COC(Cn2cncn2)(c2ccc(F)cc2)O1. The van der Waals surface area contributed by atoms with Gasteiger partial charge in [-0.3, -0.25) is 0 Å². The molecule has 0 aliphatic carbocycles. The molecule has 5 aromatic rings. The van der Waals surface area contributed by atoms with Crippen molar-refractivity contribution in [2.75, 3.05) is 6.61 Å². The van der Waals surface area contributed by atoms with E-state index in [4.69, 9.17) is 14.5 Å². The van der Waals surface area contributed by atoms with Crippen molar-refractivity contribution in [2.45, 2.75) is 31.0 Å². The normalized spacial score (nSPS) is 20.7. The van der Waals surface area contributed by atoms with Gasteiger partial charge in [-0.1, -0.05) is 48.5 Å². The number of thiazole rings is 1. The van der Waals surface area contributed by atoms with Gasteiger partial charge < -0.3 is 14.6 Å². The first-order valence-electron chi connectivity index (χ1n) is 11.6. The smallest absolute Gasteiger partial charge is 0.215 e. The number of nitrogens with zero attached hydrogens (tertiary/aromatic N) is 4. The molecule has 9 heteroatoms. The molecule has 3 heterocycles. The molecule has 1 N–H and O–H groups in total. The average Bonchev–Trinajstić information content (AvgIpc) is 3.65. The minimum atomic E-state index is -1.20. The van der Waals surface area contributed by atoms with Crippen LogP contribution in [0.1, 0.15) is 11.1 Å². The van der Waals surface area contributed by atoms with Crippen molar-refractivity contribution in [2.24, 2.45) is 0 Å². The van der Waals surface area contributed by atoms with Crippen LogP contribution in [0.3, 0.4) is 0 Å². The Balaban J connectivity index is 1.17. The van der Waals surface area contributed by atoms with E-state index in [0.29, 0.717) is 12.0 Å². The number of para-hydroxylation sites is 1. The number of aliphatic hydroxyl groups excluding tert-OH is 1. The van der Waals surface area contributed by atoms with E-state index < -0.39 is 18.0 Å². The molecule has 0 spiro atoms. The van der Waals surface area contributed by atoms with Crippen LogP contribution in [0.4, 0.5) is 4.39 Å². The second-order valence-corrected chi connectivity index (χ2v) is 9.81. The second-order valence-electron chi connectivity index (χ2n) is 8.78. The summed E-state index contributed by atoms with van der Waals surface area (Å²) in [6, 6.07) is 22.1. The number of hydrogen-bond acceptors (Lipinski definition) is 7. The van der Waals surface area contributed by atoms with E-state index in [1.54, 1.807) is 34.5 Å². The van der Waals surface area contributed by atoms with Gasteiger partial charge in [0.1, 0.15) is 36.1 Å². The summed E-state index contributed by atoms with van der Waals surface area (Å²) in [5.74, 6) is -1.55. The Morgan fingerprint density at radius 3 is 2.64 bits per heavy atom. The lowest BCUT2D eigenvalue weighted by atomic mass is 10.0. The lowest BCUT2D eigenvalue weighted by Gasteiger charge is -2.29. The van der Waals surface area contributed by atoms with Gasteiger partial charge in [-0.15, -0.1) is 11.3 Å². The van der Waals surface area contributed by atoms with Gasteiger partial charge in [0.05, 0.1) is 22.9 Å². The molecule has 1 fully saturated rings. The molecule has 0 saturated carbocycles. The molecule has 0 amide bonds. The van der Waals surface area contributed by atoms with Crippen LogP contribution in [0.25, 0.3) is 20.8 Å². The Labute approximate surface area is 210 Å². The maximum Gasteiger partial charge on any atom is 0.215 e. The molecule has 3 atom stereocenters. The maximum absolute atomic E-state index is 13.6. The number of fused-ring (bicyclic) bond motifs is 1. The van der Waals surface area contributed by atoms with E-state index in [-0.39, 0.29) is 19.0 Å². The monoisotopic (exact) mass is 502 g/mol. The second kappa shape index (κ2) is 9.51. The third-order valence-corrected chi connectivity index (χ3v) is 7.40. The average molecular weight is 503 g/mol. The molecule has 0 bridgehead atoms. The Hall–Kier alpha value is -3.50. The summed E-state index contributed by atoms with van der Waals surface area (Å²) in [5.41, 5.74) is 3.66. The van der Waals surface area contributed by atoms with E-state index in [9.17, 15) is 9.50 Å². The van der Waals surface area contributed by atoms with Crippen LogP contribution >= 0.6 is 11.3 Å². The van der Waals surface area contributed by atoms with Gasteiger partial charge in [-0.25, -0.2) is 19.0 Å². The van der Waals surface area contributed by atoms with Crippen LogP contribution in [-0.2, 0) is 28.2 Å². The minimum Gasteiger partial charge on any atom is -0.390 e. The molecular formula is C27H23FN4O3S. The first-order valence-corrected chi connectivity index (χ1v) is 12.4. The van der Waals surface area contributed by atoms with E-state index in [0.717, 1.165) is 26.4 Å². The molecule has 1 aliphatic heterocycles. The molecule has 3 aromatic carbocycles. The third kappa shape index (κ3) is 4.54. The summed E-state index contributed by atoms with van der Waals surface area (Å²) in [6.45, 7) is 0.412. The number of aliphatic hydroxyl groups is 1. The molecule has 182 valence electrons. The van der Waals surface area contributed by atoms with Crippen molar-refractivity contribution >= 4 is 21.6 Å². The lowest BCUT2D eigenvalue weighted by Crippen LogP contribution is -2.36. The van der Waals surface area contributed by atoms with Crippen LogP contribution in [0.5, 0.6) is 0 Å². The van der Waals surface area contributed by atoms with Gasteiger partial charge in [-0.05, 0) is 29.8 Å². The topological polar surface area (TPSA) is 82.3 Å². The van der Waals surface area contributed by atoms with Crippen LogP contribution in [0.2, 0.25) is 0 Å². The highest BCUT2D eigenvalue weighted by atomic mass is 32.1. The van der Waals surface area contributed by atoms with E-state index in [2.05, 4.69) is 16.1 Å². The van der Waals surface area contributed by atoms with Gasteiger partial charge in [0.2, 0.25) is 5.79 Å². The first-order chi connectivity index (χ1) is 17.6. The summed E-state index contributed by atoms with van der Waals surface area (Å²) >= 11 is 1.66. The van der Waals surface area contributed by atoms with Gasteiger partial charge in [0.15, 0.2) is 0 Å². The number of hydrogen-bond donors (Lipinski definition) is 1. The Kier molecular flexibility index (Phi) is 6.06. The van der Waals surface area contributed by atoms with Crippen LogP contribution < -0.4 is 0 Å². The predicted molar refractivity (Wildman–Crippen MR) is 134 cm³/mol. The fourth-order valence-corrected chi connectivity index (χ4v) is 5.40.